The van der Waals surface area contributed by atoms with Crippen LogP contribution in [0, 0.1) is 12.7 Å². The fourth-order valence-corrected chi connectivity index (χ4v) is 2.03. The number of hydrogen-bond acceptors (Lipinski definition) is 3. The van der Waals surface area contributed by atoms with Crippen LogP contribution < -0.4 is 10.6 Å². The molecule has 102 valence electrons. The molecule has 3 N–H and O–H groups in total. The Morgan fingerprint density at radius 1 is 1.44 bits per heavy atom. The normalized spacial score (nSPS) is 12.6. The van der Waals surface area contributed by atoms with E-state index in [1.54, 1.807) is 6.92 Å². The van der Waals surface area contributed by atoms with Gasteiger partial charge in [-0.1, -0.05) is 0 Å². The highest BCUT2D eigenvalue weighted by atomic mass is 19.1. The highest BCUT2D eigenvalue weighted by molar-refractivity contribution is 5.57. The maximum absolute atomic E-state index is 13.6. The van der Waals surface area contributed by atoms with E-state index < -0.39 is 0 Å². The van der Waals surface area contributed by atoms with Crippen LogP contribution in [0.1, 0.15) is 37.4 Å². The highest BCUT2D eigenvalue weighted by Crippen LogP contribution is 2.28. The molecule has 18 heavy (non-hydrogen) atoms. The molecule has 0 amide bonds. The van der Waals surface area contributed by atoms with Gasteiger partial charge in [-0.3, -0.25) is 0 Å². The first-order chi connectivity index (χ1) is 8.51. The fraction of sp³-hybridized carbons (Fsp3) is 0.571. The van der Waals surface area contributed by atoms with Crippen molar-refractivity contribution in [2.75, 3.05) is 24.6 Å². The number of nitrogens with zero attached hydrogens (tertiary/aromatic N) is 1. The van der Waals surface area contributed by atoms with Crippen LogP contribution in [0.5, 0.6) is 0 Å². The summed E-state index contributed by atoms with van der Waals surface area (Å²) in [6.45, 7) is 7.37. The average molecular weight is 254 g/mol. The van der Waals surface area contributed by atoms with Gasteiger partial charge in [-0.25, -0.2) is 4.39 Å². The zero-order valence-corrected chi connectivity index (χ0v) is 11.4. The molecule has 1 aromatic rings. The molecule has 0 fully saturated rings. The second-order valence-electron chi connectivity index (χ2n) is 4.61. The number of aryl methyl sites for hydroxylation is 1. The van der Waals surface area contributed by atoms with Crippen molar-refractivity contribution < 1.29 is 9.50 Å². The molecule has 1 rings (SSSR count). The Morgan fingerprint density at radius 3 is 2.61 bits per heavy atom. The van der Waals surface area contributed by atoms with Gasteiger partial charge in [0.05, 0.1) is 0 Å². The summed E-state index contributed by atoms with van der Waals surface area (Å²) in [6, 6.07) is 3.16. The van der Waals surface area contributed by atoms with Gasteiger partial charge < -0.3 is 15.7 Å². The van der Waals surface area contributed by atoms with E-state index in [9.17, 15) is 4.39 Å². The van der Waals surface area contributed by atoms with Crippen LogP contribution in [0.25, 0.3) is 0 Å². The van der Waals surface area contributed by atoms with E-state index in [0.717, 1.165) is 24.3 Å². The largest absolute Gasteiger partial charge is 0.396 e. The standard InChI is InChI=1S/C14H23FN2O/c1-4-17(6-5-7-18)14-8-10(2)13(15)9-12(14)11(3)16/h8-9,11,18H,4-7,16H2,1-3H3/t11-/m1/s1. The van der Waals surface area contributed by atoms with Gasteiger partial charge in [-0.05, 0) is 50.5 Å². The first-order valence-corrected chi connectivity index (χ1v) is 6.42. The van der Waals surface area contributed by atoms with E-state index in [2.05, 4.69) is 4.90 Å². The highest BCUT2D eigenvalue weighted by Gasteiger charge is 2.15. The molecule has 0 saturated heterocycles. The maximum Gasteiger partial charge on any atom is 0.126 e. The zero-order chi connectivity index (χ0) is 13.7. The van der Waals surface area contributed by atoms with E-state index in [1.807, 2.05) is 19.9 Å². The lowest BCUT2D eigenvalue weighted by Crippen LogP contribution is -2.27. The summed E-state index contributed by atoms with van der Waals surface area (Å²) in [7, 11) is 0. The van der Waals surface area contributed by atoms with Crippen LogP contribution >= 0.6 is 0 Å². The number of aliphatic hydroxyl groups excluding tert-OH is 1. The molecule has 0 aliphatic carbocycles. The molecule has 0 radical (unpaired) electrons. The minimum Gasteiger partial charge on any atom is -0.396 e. The third-order valence-electron chi connectivity index (χ3n) is 3.11. The molecule has 3 nitrogen and oxygen atoms in total. The van der Waals surface area contributed by atoms with Crippen molar-refractivity contribution >= 4 is 5.69 Å². The number of anilines is 1. The summed E-state index contributed by atoms with van der Waals surface area (Å²) >= 11 is 0. The molecule has 1 atom stereocenters. The van der Waals surface area contributed by atoms with Gasteiger partial charge >= 0.3 is 0 Å². The molecule has 0 unspecified atom stereocenters. The Hall–Kier alpha value is -1.13. The molecule has 4 heteroatoms. The second kappa shape index (κ2) is 6.71. The van der Waals surface area contributed by atoms with Crippen LogP contribution in [0.2, 0.25) is 0 Å². The third kappa shape index (κ3) is 3.43. The molecule has 0 saturated carbocycles. The lowest BCUT2D eigenvalue weighted by molar-refractivity contribution is 0.289. The molecule has 0 aromatic heterocycles. The van der Waals surface area contributed by atoms with Gasteiger partial charge in [0.15, 0.2) is 0 Å². The number of benzene rings is 1. The van der Waals surface area contributed by atoms with Crippen LogP contribution in [-0.4, -0.2) is 24.8 Å². The van der Waals surface area contributed by atoms with Crippen LogP contribution in [0.15, 0.2) is 12.1 Å². The molecule has 1 aromatic carbocycles. The Morgan fingerprint density at radius 2 is 2.11 bits per heavy atom. The van der Waals surface area contributed by atoms with E-state index in [4.69, 9.17) is 10.8 Å². The van der Waals surface area contributed by atoms with Gasteiger partial charge in [0.1, 0.15) is 5.82 Å². The van der Waals surface area contributed by atoms with Crippen molar-refractivity contribution in [3.05, 3.63) is 29.1 Å². The summed E-state index contributed by atoms with van der Waals surface area (Å²) in [5.41, 5.74) is 8.32. The number of rotatable bonds is 6. The van der Waals surface area contributed by atoms with Crippen molar-refractivity contribution in [2.45, 2.75) is 33.2 Å². The van der Waals surface area contributed by atoms with Crippen molar-refractivity contribution in [1.29, 1.82) is 0 Å². The molecule has 0 bridgehead atoms. The number of halogens is 1. The van der Waals surface area contributed by atoms with E-state index in [0.29, 0.717) is 12.0 Å². The van der Waals surface area contributed by atoms with Gasteiger partial charge in [-0.2, -0.15) is 0 Å². The fourth-order valence-electron chi connectivity index (χ4n) is 2.03. The zero-order valence-electron chi connectivity index (χ0n) is 11.4. The molecule has 0 aliphatic heterocycles. The lowest BCUT2D eigenvalue weighted by Gasteiger charge is -2.27. The van der Waals surface area contributed by atoms with Gasteiger partial charge in [0, 0.05) is 31.4 Å². The average Bonchev–Trinajstić information content (AvgIpc) is 2.33. The van der Waals surface area contributed by atoms with Crippen molar-refractivity contribution in [1.82, 2.24) is 0 Å². The summed E-state index contributed by atoms with van der Waals surface area (Å²) in [4.78, 5) is 2.13. The summed E-state index contributed by atoms with van der Waals surface area (Å²) in [6.07, 6.45) is 0.697. The lowest BCUT2D eigenvalue weighted by atomic mass is 10.0. The summed E-state index contributed by atoms with van der Waals surface area (Å²) in [5.74, 6) is -0.218. The van der Waals surface area contributed by atoms with E-state index in [-0.39, 0.29) is 18.5 Å². The Bertz CT molecular complexity index is 394. The first kappa shape index (κ1) is 14.9. The topological polar surface area (TPSA) is 49.5 Å². The number of nitrogens with two attached hydrogens (primary N) is 1. The smallest absolute Gasteiger partial charge is 0.126 e. The molecule has 0 spiro atoms. The predicted octanol–water partition coefficient (Wildman–Crippen LogP) is 2.36. The van der Waals surface area contributed by atoms with Crippen molar-refractivity contribution in [3.8, 4) is 0 Å². The molecular weight excluding hydrogens is 231 g/mol. The molecule has 0 heterocycles. The number of hydrogen-bond donors (Lipinski definition) is 2. The minimum atomic E-state index is -0.218. The molecular formula is C14H23FN2O. The van der Waals surface area contributed by atoms with Crippen LogP contribution in [0.4, 0.5) is 10.1 Å². The SMILES string of the molecule is CCN(CCCO)c1cc(C)c(F)cc1[C@@H](C)N. The van der Waals surface area contributed by atoms with Crippen molar-refractivity contribution in [3.63, 3.8) is 0 Å². The van der Waals surface area contributed by atoms with Crippen molar-refractivity contribution in [2.24, 2.45) is 5.73 Å². The number of aliphatic hydroxyl groups is 1. The molecule has 0 aliphatic rings. The van der Waals surface area contributed by atoms with Crippen LogP contribution in [-0.2, 0) is 0 Å². The second-order valence-corrected chi connectivity index (χ2v) is 4.61. The Balaban J connectivity index is 3.14. The first-order valence-electron chi connectivity index (χ1n) is 6.42. The summed E-state index contributed by atoms with van der Waals surface area (Å²) in [5, 5.41) is 8.92. The Kier molecular flexibility index (Phi) is 5.56. The van der Waals surface area contributed by atoms with Gasteiger partial charge in [0.25, 0.3) is 0 Å². The van der Waals surface area contributed by atoms with Gasteiger partial charge in [0.2, 0.25) is 0 Å². The summed E-state index contributed by atoms with van der Waals surface area (Å²) < 4.78 is 13.6. The predicted molar refractivity (Wildman–Crippen MR) is 73.3 cm³/mol. The Labute approximate surface area is 108 Å². The quantitative estimate of drug-likeness (QED) is 0.819. The van der Waals surface area contributed by atoms with Gasteiger partial charge in [-0.15, -0.1) is 0 Å². The monoisotopic (exact) mass is 254 g/mol. The maximum atomic E-state index is 13.6. The third-order valence-corrected chi connectivity index (χ3v) is 3.11. The minimum absolute atomic E-state index is 0.157. The van der Waals surface area contributed by atoms with E-state index >= 15 is 0 Å². The van der Waals surface area contributed by atoms with Crippen LogP contribution in [0.3, 0.4) is 0 Å². The van der Waals surface area contributed by atoms with E-state index in [1.165, 1.54) is 6.07 Å².